The summed E-state index contributed by atoms with van der Waals surface area (Å²) < 4.78 is 0. The molecule has 5 aromatic carbocycles. The second-order valence-corrected chi connectivity index (χ2v) is 11.2. The van der Waals surface area contributed by atoms with E-state index in [0.29, 0.717) is 5.82 Å². The molecule has 4 nitrogen and oxygen atoms in total. The van der Waals surface area contributed by atoms with Gasteiger partial charge in [-0.05, 0) is 30.7 Å². The van der Waals surface area contributed by atoms with Gasteiger partial charge < -0.3 is 0 Å². The number of hydrogen-bond acceptors (Lipinski definition) is 4. The van der Waals surface area contributed by atoms with Crippen LogP contribution in [0.4, 0.5) is 0 Å². The number of fused-ring (bicyclic) bond motifs is 3. The fourth-order valence-electron chi connectivity index (χ4n) is 5.93. The zero-order valence-corrected chi connectivity index (χ0v) is 24.7. The fourth-order valence-corrected chi connectivity index (χ4v) is 5.93. The molecule has 8 rings (SSSR count). The van der Waals surface area contributed by atoms with Gasteiger partial charge in [-0.1, -0.05) is 133 Å². The van der Waals surface area contributed by atoms with Gasteiger partial charge in [0.25, 0.3) is 0 Å². The highest BCUT2D eigenvalue weighted by Gasteiger charge is 2.17. The Hall–Kier alpha value is -6.00. The molecule has 0 atom stereocenters. The molecule has 0 aliphatic carbocycles. The maximum atomic E-state index is 5.30. The maximum absolute atomic E-state index is 5.30. The monoisotopic (exact) mass is 576 g/mol. The minimum atomic E-state index is 0.660. The van der Waals surface area contributed by atoms with Gasteiger partial charge in [0.05, 0.1) is 33.8 Å². The predicted octanol–water partition coefficient (Wildman–Crippen LogP) is 10.2. The van der Waals surface area contributed by atoms with Crippen molar-refractivity contribution in [1.82, 2.24) is 19.9 Å². The van der Waals surface area contributed by atoms with Crippen LogP contribution in [0.1, 0.15) is 5.56 Å². The molecule has 0 fully saturated rings. The first-order valence-electron chi connectivity index (χ1n) is 15.1. The van der Waals surface area contributed by atoms with E-state index in [9.17, 15) is 0 Å². The lowest BCUT2D eigenvalue weighted by Crippen LogP contribution is -1.98. The molecule has 8 aromatic rings. The first-order valence-corrected chi connectivity index (χ1v) is 15.1. The highest BCUT2D eigenvalue weighted by molar-refractivity contribution is 6.05. The number of benzene rings is 5. The van der Waals surface area contributed by atoms with E-state index >= 15 is 0 Å². The number of rotatable bonds is 5. The van der Waals surface area contributed by atoms with Crippen molar-refractivity contribution in [2.75, 3.05) is 0 Å². The van der Waals surface area contributed by atoms with Crippen molar-refractivity contribution in [3.8, 4) is 56.4 Å². The SMILES string of the molecule is Cc1cc(-c2ccccc2-c2nc(-c3ccccc3)cc(-c3ccccc3)n2)nc2c1ccc1ccc(-c3ccccc3)nc12. The van der Waals surface area contributed by atoms with Crippen molar-refractivity contribution in [2.45, 2.75) is 6.92 Å². The Bertz CT molecular complexity index is 2260. The summed E-state index contributed by atoms with van der Waals surface area (Å²) in [6.07, 6.45) is 0. The normalized spacial score (nSPS) is 11.2. The minimum Gasteiger partial charge on any atom is -0.245 e. The van der Waals surface area contributed by atoms with Crippen molar-refractivity contribution in [2.24, 2.45) is 0 Å². The first kappa shape index (κ1) is 26.6. The van der Waals surface area contributed by atoms with Gasteiger partial charge in [0.15, 0.2) is 5.82 Å². The molecule has 4 heteroatoms. The molecule has 0 unspecified atom stereocenters. The van der Waals surface area contributed by atoms with Gasteiger partial charge in [0, 0.05) is 38.6 Å². The van der Waals surface area contributed by atoms with Gasteiger partial charge in [-0.15, -0.1) is 0 Å². The summed E-state index contributed by atoms with van der Waals surface area (Å²) in [7, 11) is 0. The van der Waals surface area contributed by atoms with Gasteiger partial charge in [0.1, 0.15) is 0 Å². The highest BCUT2D eigenvalue weighted by Crippen LogP contribution is 2.36. The summed E-state index contributed by atoms with van der Waals surface area (Å²) >= 11 is 0. The van der Waals surface area contributed by atoms with Crippen LogP contribution in [0.3, 0.4) is 0 Å². The summed E-state index contributed by atoms with van der Waals surface area (Å²) in [5, 5.41) is 2.15. The van der Waals surface area contributed by atoms with Crippen molar-refractivity contribution in [1.29, 1.82) is 0 Å². The van der Waals surface area contributed by atoms with E-state index in [2.05, 4.69) is 91.9 Å². The van der Waals surface area contributed by atoms with Crippen LogP contribution >= 0.6 is 0 Å². The van der Waals surface area contributed by atoms with E-state index in [-0.39, 0.29) is 0 Å². The molecule has 212 valence electrons. The van der Waals surface area contributed by atoms with E-state index < -0.39 is 0 Å². The quantitative estimate of drug-likeness (QED) is 0.191. The van der Waals surface area contributed by atoms with Crippen LogP contribution in [0.2, 0.25) is 0 Å². The van der Waals surface area contributed by atoms with E-state index in [0.717, 1.165) is 78.0 Å². The zero-order chi connectivity index (χ0) is 30.2. The van der Waals surface area contributed by atoms with Crippen LogP contribution in [0.5, 0.6) is 0 Å². The van der Waals surface area contributed by atoms with Crippen LogP contribution in [0, 0.1) is 6.92 Å². The smallest absolute Gasteiger partial charge is 0.161 e. The van der Waals surface area contributed by atoms with Crippen molar-refractivity contribution in [3.63, 3.8) is 0 Å². The molecule has 0 N–H and O–H groups in total. The number of aryl methyl sites for hydroxylation is 1. The third kappa shape index (κ3) is 5.02. The first-order chi connectivity index (χ1) is 22.2. The van der Waals surface area contributed by atoms with E-state index in [1.807, 2.05) is 66.7 Å². The Balaban J connectivity index is 1.33. The number of pyridine rings is 2. The third-order valence-corrected chi connectivity index (χ3v) is 8.22. The Morgan fingerprint density at radius 3 is 1.51 bits per heavy atom. The molecule has 0 spiro atoms. The Morgan fingerprint density at radius 1 is 0.378 bits per heavy atom. The van der Waals surface area contributed by atoms with Crippen LogP contribution in [-0.4, -0.2) is 19.9 Å². The fraction of sp³-hybridized carbons (Fsp3) is 0.0244. The third-order valence-electron chi connectivity index (χ3n) is 8.22. The highest BCUT2D eigenvalue weighted by atomic mass is 14.9. The molecule has 3 heterocycles. The standard InChI is InChI=1S/C41H28N4/c1-27-25-38(43-40-32(27)23-21-31-22-24-35(42-39(31)40)28-13-5-2-6-14-28)33-19-11-12-20-34(33)41-44-36(29-15-7-3-8-16-29)26-37(45-41)30-17-9-4-10-18-30/h2-26H,1H3. The van der Waals surface area contributed by atoms with Crippen LogP contribution in [-0.2, 0) is 0 Å². The number of hydrogen-bond donors (Lipinski definition) is 0. The van der Waals surface area contributed by atoms with E-state index in [1.165, 1.54) is 0 Å². The molecule has 0 saturated carbocycles. The van der Waals surface area contributed by atoms with E-state index in [1.54, 1.807) is 0 Å². The molecule has 0 bridgehead atoms. The van der Waals surface area contributed by atoms with Crippen LogP contribution < -0.4 is 0 Å². The van der Waals surface area contributed by atoms with Crippen LogP contribution in [0.25, 0.3) is 78.2 Å². The molecule has 0 saturated heterocycles. The maximum Gasteiger partial charge on any atom is 0.161 e. The second kappa shape index (κ2) is 11.3. The summed E-state index contributed by atoms with van der Waals surface area (Å²) in [5.41, 5.74) is 11.5. The molecular formula is C41H28N4. The summed E-state index contributed by atoms with van der Waals surface area (Å²) in [4.78, 5) is 20.7. The van der Waals surface area contributed by atoms with Crippen molar-refractivity contribution < 1.29 is 0 Å². The molecular weight excluding hydrogens is 548 g/mol. The van der Waals surface area contributed by atoms with Gasteiger partial charge in [-0.25, -0.2) is 19.9 Å². The zero-order valence-electron chi connectivity index (χ0n) is 24.7. The average Bonchev–Trinajstić information content (AvgIpc) is 3.12. The number of nitrogens with zero attached hydrogens (tertiary/aromatic N) is 4. The summed E-state index contributed by atoms with van der Waals surface area (Å²) in [5.74, 6) is 0.660. The van der Waals surface area contributed by atoms with Crippen molar-refractivity contribution >= 4 is 21.8 Å². The lowest BCUT2D eigenvalue weighted by molar-refractivity contribution is 1.18. The average molecular weight is 577 g/mol. The van der Waals surface area contributed by atoms with Crippen molar-refractivity contribution in [3.05, 3.63) is 157 Å². The van der Waals surface area contributed by atoms with Gasteiger partial charge >= 0.3 is 0 Å². The van der Waals surface area contributed by atoms with E-state index in [4.69, 9.17) is 19.9 Å². The van der Waals surface area contributed by atoms with Crippen LogP contribution in [0.15, 0.2) is 152 Å². The topological polar surface area (TPSA) is 51.6 Å². The lowest BCUT2D eigenvalue weighted by atomic mass is 9.98. The molecule has 0 aliphatic heterocycles. The largest absolute Gasteiger partial charge is 0.245 e. The number of aromatic nitrogens is 4. The Labute approximate surface area is 261 Å². The minimum absolute atomic E-state index is 0.660. The predicted molar refractivity (Wildman–Crippen MR) is 185 cm³/mol. The molecule has 3 aromatic heterocycles. The second-order valence-electron chi connectivity index (χ2n) is 11.2. The molecule has 45 heavy (non-hydrogen) atoms. The summed E-state index contributed by atoms with van der Waals surface area (Å²) in [6.45, 7) is 2.14. The van der Waals surface area contributed by atoms with Gasteiger partial charge in [-0.3, -0.25) is 0 Å². The van der Waals surface area contributed by atoms with Gasteiger partial charge in [0.2, 0.25) is 0 Å². The molecule has 0 amide bonds. The Kier molecular flexibility index (Phi) is 6.65. The Morgan fingerprint density at radius 2 is 0.889 bits per heavy atom. The molecule has 0 radical (unpaired) electrons. The lowest BCUT2D eigenvalue weighted by Gasteiger charge is -2.14. The summed E-state index contributed by atoms with van der Waals surface area (Å²) in [6, 6.07) is 51.8. The van der Waals surface area contributed by atoms with Gasteiger partial charge in [-0.2, -0.15) is 0 Å². The molecule has 0 aliphatic rings.